The molecule has 2 nitrogen and oxygen atoms in total. The van der Waals surface area contributed by atoms with Crippen LogP contribution in [0.15, 0.2) is 48.5 Å². The number of rotatable bonds is 1. The molecular weight excluding hydrogens is 228 g/mol. The topological polar surface area (TPSA) is 43.1 Å². The van der Waals surface area contributed by atoms with Gasteiger partial charge in [0.15, 0.2) is 0 Å². The molecule has 0 aliphatic rings. The van der Waals surface area contributed by atoms with Crippen molar-refractivity contribution < 1.29 is 4.70 Å². The van der Waals surface area contributed by atoms with Crippen LogP contribution in [0.4, 0.5) is 5.69 Å². The molecule has 4 heteroatoms. The Morgan fingerprint density at radius 2 is 1.59 bits per heavy atom. The van der Waals surface area contributed by atoms with E-state index >= 15 is 0 Å². The van der Waals surface area contributed by atoms with E-state index in [0.717, 1.165) is 5.69 Å². The third-order valence-corrected chi connectivity index (χ3v) is 2.37. The van der Waals surface area contributed by atoms with Gasteiger partial charge in [-0.1, -0.05) is 36.4 Å². The van der Waals surface area contributed by atoms with Crippen molar-refractivity contribution in [3.8, 4) is 11.1 Å². The van der Waals surface area contributed by atoms with Crippen LogP contribution in [0.1, 0.15) is 5.56 Å². The monoisotopic (exact) mass is 243 g/mol. The van der Waals surface area contributed by atoms with Crippen molar-refractivity contribution in [2.75, 3.05) is 5.73 Å². The number of hydrogen-bond donors (Lipinski definition) is 1. The second-order valence-electron chi connectivity index (χ2n) is 3.57. The molecule has 17 heavy (non-hydrogen) atoms. The van der Waals surface area contributed by atoms with E-state index in [1.54, 1.807) is 0 Å². The molecule has 2 N–H and O–H groups in total. The van der Waals surface area contributed by atoms with Crippen LogP contribution in [0.2, 0.25) is 0 Å². The summed E-state index contributed by atoms with van der Waals surface area (Å²) in [5.41, 5.74) is 10.2. The molecule has 0 radical (unpaired) electrons. The first-order valence-electron chi connectivity index (χ1n) is 5.26. The van der Waals surface area contributed by atoms with Crippen molar-refractivity contribution in [2.45, 2.75) is 6.92 Å². The van der Waals surface area contributed by atoms with Gasteiger partial charge in [0.2, 0.25) is 0 Å². The average Bonchev–Trinajstić information content (AvgIpc) is 2.32. The van der Waals surface area contributed by atoms with Gasteiger partial charge in [-0.05, 0) is 35.7 Å². The average molecular weight is 243 g/mol. The minimum absolute atomic E-state index is 0.667. The van der Waals surface area contributed by atoms with Crippen molar-refractivity contribution in [3.05, 3.63) is 54.1 Å². The van der Waals surface area contributed by atoms with Gasteiger partial charge in [0, 0.05) is 5.69 Å². The molecule has 0 fully saturated rings. The Morgan fingerprint density at radius 1 is 1.06 bits per heavy atom. The molecule has 2 rings (SSSR count). The normalized spacial score (nSPS) is 8.82. The molecule has 0 saturated heterocycles. The summed E-state index contributed by atoms with van der Waals surface area (Å²) in [5, 5.41) is 0. The molecular formula is C13H15BNOP. The van der Waals surface area contributed by atoms with Gasteiger partial charge < -0.3 is 5.73 Å². The van der Waals surface area contributed by atoms with Crippen LogP contribution in [0, 0.1) is 6.92 Å². The van der Waals surface area contributed by atoms with E-state index in [2.05, 4.69) is 43.3 Å². The number of nitrogens with two attached hydrogens (primary N) is 1. The molecule has 0 heterocycles. The molecule has 0 aromatic heterocycles. The summed E-state index contributed by atoms with van der Waals surface area (Å²) in [4.78, 5) is 0. The number of hydrogen-bond acceptors (Lipinski definition) is 2. The van der Waals surface area contributed by atoms with Gasteiger partial charge in [-0.25, -0.2) is 0 Å². The molecule has 0 aliphatic heterocycles. The third-order valence-electron chi connectivity index (χ3n) is 2.37. The number of nitrogen functional groups attached to an aromatic ring is 1. The molecule has 1 atom stereocenters. The Bertz CT molecular complexity index is 485. The Kier molecular flexibility index (Phi) is 5.58. The van der Waals surface area contributed by atoms with Gasteiger partial charge in [-0.2, -0.15) is 0 Å². The van der Waals surface area contributed by atoms with Gasteiger partial charge in [0.05, 0.1) is 0 Å². The number of benzene rings is 2. The first kappa shape index (κ1) is 13.6. The van der Waals surface area contributed by atoms with Crippen molar-refractivity contribution in [3.63, 3.8) is 0 Å². The van der Waals surface area contributed by atoms with Crippen molar-refractivity contribution in [1.29, 1.82) is 0 Å². The number of aryl methyl sites for hydroxylation is 1. The first-order chi connectivity index (χ1) is 8.19. The van der Waals surface area contributed by atoms with E-state index < -0.39 is 0 Å². The predicted octanol–water partition coefficient (Wildman–Crippen LogP) is 3.07. The van der Waals surface area contributed by atoms with E-state index in [1.807, 2.05) is 21.3 Å². The standard InChI is InChI=1S/C13H13N.BH2OP/c1-10-4-2-3-5-13(10)11-6-8-12(14)9-7-11;2-1-3/h2-9H,14H2,1H3;3H2. The van der Waals surface area contributed by atoms with Crippen LogP contribution >= 0.6 is 9.12 Å². The molecule has 1 unspecified atom stereocenters. The maximum atomic E-state index is 8.77. The summed E-state index contributed by atoms with van der Waals surface area (Å²) in [5.74, 6) is 0. The summed E-state index contributed by atoms with van der Waals surface area (Å²) in [6.07, 6.45) is 0. The summed E-state index contributed by atoms with van der Waals surface area (Å²) in [7, 11) is 1.90. The summed E-state index contributed by atoms with van der Waals surface area (Å²) < 4.78 is 8.77. The van der Waals surface area contributed by atoms with Crippen LogP contribution in [-0.4, -0.2) is 6.87 Å². The molecule has 0 spiro atoms. The zero-order valence-corrected chi connectivity index (χ0v) is 10.9. The Morgan fingerprint density at radius 3 is 2.12 bits per heavy atom. The summed E-state index contributed by atoms with van der Waals surface area (Å²) in [6, 6.07) is 16.3. The van der Waals surface area contributed by atoms with Crippen LogP contribution in [0.5, 0.6) is 0 Å². The van der Waals surface area contributed by atoms with Crippen LogP contribution in [-0.2, 0) is 4.70 Å². The van der Waals surface area contributed by atoms with Crippen molar-refractivity contribution >= 4 is 21.7 Å². The number of anilines is 1. The van der Waals surface area contributed by atoms with E-state index in [0.29, 0.717) is 6.87 Å². The molecule has 0 saturated carbocycles. The predicted molar refractivity (Wildman–Crippen MR) is 77.2 cm³/mol. The third kappa shape index (κ3) is 4.12. The van der Waals surface area contributed by atoms with Crippen molar-refractivity contribution in [1.82, 2.24) is 0 Å². The van der Waals surface area contributed by atoms with Crippen LogP contribution in [0.25, 0.3) is 11.1 Å². The Labute approximate surface area is 105 Å². The molecule has 2 aromatic carbocycles. The maximum absolute atomic E-state index is 8.77. The van der Waals surface area contributed by atoms with Gasteiger partial charge in [0.1, 0.15) is 0 Å². The van der Waals surface area contributed by atoms with Crippen LogP contribution in [0.3, 0.4) is 0 Å². The fourth-order valence-electron chi connectivity index (χ4n) is 1.56. The first-order valence-corrected chi connectivity index (χ1v) is 5.92. The Balaban J connectivity index is 0.000000437. The molecule has 0 bridgehead atoms. The van der Waals surface area contributed by atoms with Crippen LogP contribution < -0.4 is 5.73 Å². The minimum atomic E-state index is 0.667. The Hall–Kier alpha value is -1.47. The molecule has 2 aromatic rings. The second-order valence-corrected chi connectivity index (χ2v) is 3.85. The van der Waals surface area contributed by atoms with Gasteiger partial charge in [-0.15, -0.1) is 0 Å². The quantitative estimate of drug-likeness (QED) is 0.475. The molecule has 0 aliphatic carbocycles. The van der Waals surface area contributed by atoms with Crippen molar-refractivity contribution in [2.24, 2.45) is 0 Å². The fourth-order valence-corrected chi connectivity index (χ4v) is 1.56. The summed E-state index contributed by atoms with van der Waals surface area (Å²) >= 11 is 0. The van der Waals surface area contributed by atoms with E-state index in [9.17, 15) is 0 Å². The van der Waals surface area contributed by atoms with Gasteiger partial charge in [-0.3, -0.25) is 0 Å². The SMILES string of the molecule is Cc1ccccc1-c1ccc(N)cc1.O=BP. The van der Waals surface area contributed by atoms with Gasteiger partial charge >= 0.3 is 20.7 Å². The van der Waals surface area contributed by atoms with Gasteiger partial charge in [0.25, 0.3) is 0 Å². The van der Waals surface area contributed by atoms with E-state index in [-0.39, 0.29) is 0 Å². The zero-order chi connectivity index (χ0) is 12.7. The fraction of sp³-hybridized carbons (Fsp3) is 0.0769. The summed E-state index contributed by atoms with van der Waals surface area (Å²) in [6.45, 7) is 2.78. The second kappa shape index (κ2) is 6.98. The van der Waals surface area contributed by atoms with E-state index in [1.165, 1.54) is 16.7 Å². The molecule has 0 amide bonds. The zero-order valence-electron chi connectivity index (χ0n) is 9.76. The molecule has 86 valence electrons. The van der Waals surface area contributed by atoms with E-state index in [4.69, 9.17) is 10.4 Å².